The van der Waals surface area contributed by atoms with Crippen molar-refractivity contribution in [1.29, 1.82) is 0 Å². The van der Waals surface area contributed by atoms with Crippen molar-refractivity contribution in [1.82, 2.24) is 19.8 Å². The van der Waals surface area contributed by atoms with E-state index in [0.29, 0.717) is 31.4 Å². The van der Waals surface area contributed by atoms with Crippen LogP contribution in [-0.2, 0) is 0 Å². The van der Waals surface area contributed by atoms with Crippen LogP contribution in [0.2, 0.25) is 0 Å². The summed E-state index contributed by atoms with van der Waals surface area (Å²) in [5.74, 6) is 0.636. The molecule has 28 heavy (non-hydrogen) atoms. The van der Waals surface area contributed by atoms with Crippen molar-refractivity contribution >= 4 is 59.1 Å². The van der Waals surface area contributed by atoms with Crippen molar-refractivity contribution in [2.75, 3.05) is 0 Å². The van der Waals surface area contributed by atoms with Gasteiger partial charge in [-0.15, -0.1) is 10.2 Å². The molecule has 0 saturated heterocycles. The zero-order valence-electron chi connectivity index (χ0n) is 14.3. The fourth-order valence-corrected chi connectivity index (χ4v) is 5.18. The molecular formula is C19H10Br2N4O2S. The Morgan fingerprint density at radius 2 is 1.96 bits per heavy atom. The summed E-state index contributed by atoms with van der Waals surface area (Å²) in [6.45, 7) is 2.02. The highest BCUT2D eigenvalue weighted by Crippen LogP contribution is 2.32. The van der Waals surface area contributed by atoms with E-state index < -0.39 is 5.63 Å². The van der Waals surface area contributed by atoms with Gasteiger partial charge < -0.3 is 4.42 Å². The third-order valence-electron chi connectivity index (χ3n) is 4.25. The number of hydrogen-bond donors (Lipinski definition) is 0. The van der Waals surface area contributed by atoms with Gasteiger partial charge in [0.05, 0.1) is 10.0 Å². The summed E-state index contributed by atoms with van der Waals surface area (Å²) in [7, 11) is 0. The first-order valence-corrected chi connectivity index (χ1v) is 10.6. The molecule has 5 rings (SSSR count). The highest BCUT2D eigenvalue weighted by Gasteiger charge is 2.18. The smallest absolute Gasteiger partial charge is 0.346 e. The quantitative estimate of drug-likeness (QED) is 0.291. The average Bonchev–Trinajstić information content (AvgIpc) is 3.22. The molecule has 0 unspecified atom stereocenters. The Kier molecular flexibility index (Phi) is 4.18. The number of benzene rings is 2. The van der Waals surface area contributed by atoms with Crippen LogP contribution in [-0.4, -0.2) is 19.8 Å². The van der Waals surface area contributed by atoms with Gasteiger partial charge in [0.2, 0.25) is 4.96 Å². The second kappa shape index (κ2) is 6.61. The van der Waals surface area contributed by atoms with Crippen molar-refractivity contribution < 1.29 is 4.42 Å². The van der Waals surface area contributed by atoms with Crippen LogP contribution in [0.5, 0.6) is 0 Å². The summed E-state index contributed by atoms with van der Waals surface area (Å²) in [4.78, 5) is 13.2. The van der Waals surface area contributed by atoms with E-state index in [0.717, 1.165) is 21.0 Å². The van der Waals surface area contributed by atoms with Crippen molar-refractivity contribution in [3.63, 3.8) is 0 Å². The summed E-state index contributed by atoms with van der Waals surface area (Å²) in [6.07, 6.45) is 0. The Hall–Kier alpha value is -2.36. The van der Waals surface area contributed by atoms with Gasteiger partial charge in [-0.05, 0) is 47.1 Å². The van der Waals surface area contributed by atoms with Crippen molar-refractivity contribution in [2.45, 2.75) is 6.92 Å². The van der Waals surface area contributed by atoms with Gasteiger partial charge in [0.25, 0.3) is 0 Å². The van der Waals surface area contributed by atoms with Gasteiger partial charge in [0.1, 0.15) is 0 Å². The van der Waals surface area contributed by atoms with E-state index in [-0.39, 0.29) is 0 Å². The predicted octanol–water partition coefficient (Wildman–Crippen LogP) is 5.46. The van der Waals surface area contributed by atoms with E-state index in [1.54, 1.807) is 10.6 Å². The molecular weight excluding hydrogens is 508 g/mol. The monoisotopic (exact) mass is 516 g/mol. The molecule has 0 aliphatic rings. The van der Waals surface area contributed by atoms with Crippen LogP contribution >= 0.6 is 43.2 Å². The molecule has 5 aromatic rings. The minimum absolute atomic E-state index is 0.392. The molecule has 0 radical (unpaired) electrons. The first-order chi connectivity index (χ1) is 13.5. The van der Waals surface area contributed by atoms with Crippen LogP contribution in [0.3, 0.4) is 0 Å². The lowest BCUT2D eigenvalue weighted by molar-refractivity contribution is 0.561. The van der Waals surface area contributed by atoms with E-state index in [2.05, 4.69) is 47.2 Å². The molecule has 0 fully saturated rings. The number of aromatic nitrogens is 4. The fraction of sp³-hybridized carbons (Fsp3) is 0.0526. The SMILES string of the molecule is Cc1cccc(-c2nnc3sc(-c4cc5cc(Br)cc(Br)c5oc4=O)nn23)c1. The third kappa shape index (κ3) is 2.90. The van der Waals surface area contributed by atoms with E-state index in [9.17, 15) is 4.79 Å². The van der Waals surface area contributed by atoms with Gasteiger partial charge in [-0.2, -0.15) is 9.61 Å². The molecule has 0 aliphatic heterocycles. The summed E-state index contributed by atoms with van der Waals surface area (Å²) in [5.41, 5.74) is 2.49. The van der Waals surface area contributed by atoms with Gasteiger partial charge in [-0.3, -0.25) is 0 Å². The van der Waals surface area contributed by atoms with Crippen LogP contribution in [0.25, 0.3) is 37.9 Å². The molecule has 0 N–H and O–H groups in total. The molecule has 2 aromatic carbocycles. The fourth-order valence-electron chi connectivity index (χ4n) is 3.00. The zero-order chi connectivity index (χ0) is 19.4. The van der Waals surface area contributed by atoms with Gasteiger partial charge >= 0.3 is 5.63 Å². The van der Waals surface area contributed by atoms with Crippen molar-refractivity contribution in [2.24, 2.45) is 0 Å². The van der Waals surface area contributed by atoms with Crippen LogP contribution in [0.1, 0.15) is 5.56 Å². The first-order valence-electron chi connectivity index (χ1n) is 8.22. The second-order valence-corrected chi connectivity index (χ2v) is 8.97. The molecule has 0 saturated carbocycles. The molecule has 0 amide bonds. The molecule has 6 nitrogen and oxygen atoms in total. The number of fused-ring (bicyclic) bond motifs is 2. The van der Waals surface area contributed by atoms with Gasteiger partial charge in [0, 0.05) is 15.4 Å². The largest absolute Gasteiger partial charge is 0.421 e. The van der Waals surface area contributed by atoms with Crippen LogP contribution in [0.15, 0.2) is 60.6 Å². The van der Waals surface area contributed by atoms with Crippen LogP contribution in [0.4, 0.5) is 0 Å². The van der Waals surface area contributed by atoms with Crippen LogP contribution < -0.4 is 5.63 Å². The molecule has 0 spiro atoms. The van der Waals surface area contributed by atoms with E-state index in [4.69, 9.17) is 4.42 Å². The highest BCUT2D eigenvalue weighted by atomic mass is 79.9. The molecule has 138 valence electrons. The van der Waals surface area contributed by atoms with Gasteiger partial charge in [-0.25, -0.2) is 4.79 Å². The average molecular weight is 518 g/mol. The van der Waals surface area contributed by atoms with Crippen molar-refractivity contribution in [3.8, 4) is 22.0 Å². The highest BCUT2D eigenvalue weighted by molar-refractivity contribution is 9.11. The number of halogens is 2. The van der Waals surface area contributed by atoms with Crippen LogP contribution in [0, 0.1) is 6.92 Å². The third-order valence-corrected chi connectivity index (χ3v) is 6.23. The Morgan fingerprint density at radius 1 is 1.11 bits per heavy atom. The first kappa shape index (κ1) is 17.7. The summed E-state index contributed by atoms with van der Waals surface area (Å²) >= 11 is 8.18. The predicted molar refractivity (Wildman–Crippen MR) is 116 cm³/mol. The number of rotatable bonds is 2. The lowest BCUT2D eigenvalue weighted by Gasteiger charge is -2.02. The van der Waals surface area contributed by atoms with E-state index in [1.807, 2.05) is 43.3 Å². The molecule has 3 aromatic heterocycles. The number of nitrogens with zero attached hydrogens (tertiary/aromatic N) is 4. The molecule has 9 heteroatoms. The topological polar surface area (TPSA) is 73.3 Å². The normalized spacial score (nSPS) is 11.5. The second-order valence-electron chi connectivity index (χ2n) is 6.25. The zero-order valence-corrected chi connectivity index (χ0v) is 18.3. The molecule has 0 aliphatic carbocycles. The Bertz CT molecular complexity index is 1440. The van der Waals surface area contributed by atoms with E-state index in [1.165, 1.54) is 11.3 Å². The van der Waals surface area contributed by atoms with Gasteiger partial charge in [0.15, 0.2) is 16.4 Å². The maximum atomic E-state index is 12.6. The Morgan fingerprint density at radius 3 is 2.79 bits per heavy atom. The van der Waals surface area contributed by atoms with Gasteiger partial charge in [-0.1, -0.05) is 51.0 Å². The van der Waals surface area contributed by atoms with E-state index >= 15 is 0 Å². The number of aryl methyl sites for hydroxylation is 1. The Labute approximate surface area is 179 Å². The Balaban J connectivity index is 1.70. The standard InChI is InChI=1S/C19H10Br2N4O2S/c1-9-3-2-4-10(5-9)16-22-23-19-25(16)24-17(28-19)13-7-11-6-12(20)8-14(21)15(11)27-18(13)26/h2-8H,1H3. The maximum Gasteiger partial charge on any atom is 0.346 e. The maximum absolute atomic E-state index is 12.6. The summed E-state index contributed by atoms with van der Waals surface area (Å²) in [6, 6.07) is 13.5. The minimum Gasteiger partial charge on any atom is -0.421 e. The van der Waals surface area contributed by atoms with Crippen molar-refractivity contribution in [3.05, 3.63) is 67.4 Å². The summed E-state index contributed by atoms with van der Waals surface area (Å²) in [5, 5.41) is 14.4. The lowest BCUT2D eigenvalue weighted by atomic mass is 10.1. The summed E-state index contributed by atoms with van der Waals surface area (Å²) < 4.78 is 8.79. The minimum atomic E-state index is -0.447. The molecule has 0 atom stereocenters. The molecule has 3 heterocycles. The number of hydrogen-bond acceptors (Lipinski definition) is 6. The lowest BCUT2D eigenvalue weighted by Crippen LogP contribution is -2.03. The molecule has 0 bridgehead atoms.